The van der Waals surface area contributed by atoms with Gasteiger partial charge in [-0.25, -0.2) is 13.2 Å². The van der Waals surface area contributed by atoms with Gasteiger partial charge in [0.1, 0.15) is 10.9 Å². The van der Waals surface area contributed by atoms with Crippen LogP contribution in [0.1, 0.15) is 6.42 Å². The first-order valence-corrected chi connectivity index (χ1v) is 11.2. The lowest BCUT2D eigenvalue weighted by molar-refractivity contribution is -0.130. The number of likely N-dealkylation sites (N-methyl/N-ethyl adjacent to an activating group) is 1. The van der Waals surface area contributed by atoms with Gasteiger partial charge in [-0.3, -0.25) is 4.79 Å². The minimum absolute atomic E-state index is 0.0665. The number of carbonyl (C=O) groups is 2. The molecule has 0 aliphatic carbocycles. The summed E-state index contributed by atoms with van der Waals surface area (Å²) < 4.78 is 33.3. The van der Waals surface area contributed by atoms with Gasteiger partial charge < -0.3 is 19.9 Å². The molecular formula is C18H23ClN4O5S. The summed E-state index contributed by atoms with van der Waals surface area (Å²) in [7, 11) is -0.520. The number of nitrogens with zero attached hydrogens (tertiary/aromatic N) is 3. The van der Waals surface area contributed by atoms with Crippen molar-refractivity contribution in [2.75, 3.05) is 45.6 Å². The van der Waals surface area contributed by atoms with Crippen LogP contribution in [-0.2, 0) is 19.6 Å². The van der Waals surface area contributed by atoms with Crippen molar-refractivity contribution in [3.63, 3.8) is 0 Å². The molecule has 0 aromatic heterocycles. The van der Waals surface area contributed by atoms with Crippen LogP contribution in [-0.4, -0.2) is 91.7 Å². The first kappa shape index (κ1) is 20.4. The first-order chi connectivity index (χ1) is 13.6. The van der Waals surface area contributed by atoms with E-state index in [-0.39, 0.29) is 37.7 Å². The maximum atomic E-state index is 13.0. The Morgan fingerprint density at radius 1 is 1.34 bits per heavy atom. The number of amides is 3. The van der Waals surface area contributed by atoms with E-state index in [1.807, 2.05) is 0 Å². The number of hydrogen-bond acceptors (Lipinski definition) is 5. The second-order valence-electron chi connectivity index (χ2n) is 7.95. The van der Waals surface area contributed by atoms with Crippen LogP contribution in [0.15, 0.2) is 24.3 Å². The van der Waals surface area contributed by atoms with Crippen LogP contribution < -0.4 is 5.32 Å². The lowest BCUT2D eigenvalue weighted by Crippen LogP contribution is -2.57. The maximum Gasteiger partial charge on any atom is 0.322 e. The number of urea groups is 1. The van der Waals surface area contributed by atoms with E-state index in [0.29, 0.717) is 23.7 Å². The third-order valence-electron chi connectivity index (χ3n) is 5.68. The van der Waals surface area contributed by atoms with Gasteiger partial charge in [0.25, 0.3) is 0 Å². The summed E-state index contributed by atoms with van der Waals surface area (Å²) in [6, 6.07) is 6.49. The van der Waals surface area contributed by atoms with Crippen molar-refractivity contribution < 1.29 is 22.7 Å². The lowest BCUT2D eigenvalue weighted by atomic mass is 9.99. The predicted octanol–water partition coefficient (Wildman–Crippen LogP) is 0.817. The number of ether oxygens (including phenoxy) is 1. The fourth-order valence-electron chi connectivity index (χ4n) is 4.31. The van der Waals surface area contributed by atoms with Gasteiger partial charge in [0, 0.05) is 37.9 Å². The highest BCUT2D eigenvalue weighted by Gasteiger charge is 2.65. The van der Waals surface area contributed by atoms with Crippen molar-refractivity contribution in [2.45, 2.75) is 23.4 Å². The summed E-state index contributed by atoms with van der Waals surface area (Å²) in [6.45, 7) is 0.302. The molecule has 158 valence electrons. The van der Waals surface area contributed by atoms with E-state index in [2.05, 4.69) is 5.32 Å². The average molecular weight is 443 g/mol. The highest BCUT2D eigenvalue weighted by Crippen LogP contribution is 2.46. The zero-order chi connectivity index (χ0) is 21.0. The van der Waals surface area contributed by atoms with Crippen molar-refractivity contribution in [3.05, 3.63) is 29.3 Å². The summed E-state index contributed by atoms with van der Waals surface area (Å²) in [5.41, 5.74) is -0.451. The van der Waals surface area contributed by atoms with Crippen molar-refractivity contribution in [1.82, 2.24) is 14.1 Å². The van der Waals surface area contributed by atoms with Crippen LogP contribution in [0.4, 0.5) is 10.5 Å². The van der Waals surface area contributed by atoms with Crippen LogP contribution in [0.5, 0.6) is 0 Å². The molecule has 3 saturated heterocycles. The Bertz CT molecular complexity index is 955. The van der Waals surface area contributed by atoms with Crippen molar-refractivity contribution >= 4 is 39.2 Å². The molecular weight excluding hydrogens is 420 g/mol. The molecule has 2 bridgehead atoms. The van der Waals surface area contributed by atoms with Gasteiger partial charge in [-0.2, -0.15) is 4.31 Å². The number of fused-ring (bicyclic) bond motifs is 1. The lowest BCUT2D eigenvalue weighted by Gasteiger charge is -2.39. The van der Waals surface area contributed by atoms with Crippen LogP contribution in [0.25, 0.3) is 0 Å². The summed E-state index contributed by atoms with van der Waals surface area (Å²) in [4.78, 5) is 27.8. The van der Waals surface area contributed by atoms with Crippen molar-refractivity contribution in [1.29, 1.82) is 0 Å². The number of rotatable bonds is 3. The van der Waals surface area contributed by atoms with E-state index in [4.69, 9.17) is 16.3 Å². The number of hydrogen-bond donors (Lipinski definition) is 1. The zero-order valence-electron chi connectivity index (χ0n) is 16.2. The van der Waals surface area contributed by atoms with E-state index in [0.717, 1.165) is 0 Å². The number of halogens is 1. The average Bonchev–Trinajstić information content (AvgIpc) is 3.00. The molecule has 1 spiro atoms. The Hall–Kier alpha value is -1.88. The molecule has 3 atom stereocenters. The minimum Gasteiger partial charge on any atom is -0.365 e. The van der Waals surface area contributed by atoms with Gasteiger partial charge in [0.15, 0.2) is 0 Å². The van der Waals surface area contributed by atoms with E-state index in [1.165, 1.54) is 9.21 Å². The smallest absolute Gasteiger partial charge is 0.322 e. The quantitative estimate of drug-likeness (QED) is 0.747. The van der Waals surface area contributed by atoms with Gasteiger partial charge in [-0.1, -0.05) is 17.7 Å². The Morgan fingerprint density at radius 3 is 2.79 bits per heavy atom. The number of nitrogens with one attached hydrogen (secondary N) is 1. The molecule has 9 nitrogen and oxygen atoms in total. The number of morpholine rings is 1. The van der Waals surface area contributed by atoms with Crippen molar-refractivity contribution in [2.24, 2.45) is 0 Å². The van der Waals surface area contributed by atoms with Crippen LogP contribution in [0, 0.1) is 0 Å². The molecule has 0 radical (unpaired) electrons. The monoisotopic (exact) mass is 442 g/mol. The summed E-state index contributed by atoms with van der Waals surface area (Å²) in [5.74, 6) is -0.298. The molecule has 11 heteroatoms. The normalized spacial score (nSPS) is 30.1. The van der Waals surface area contributed by atoms with Gasteiger partial charge in [-0.05, 0) is 24.6 Å². The Kier molecular flexibility index (Phi) is 5.01. The molecule has 1 N–H and O–H groups in total. The number of sulfonamides is 1. The highest BCUT2D eigenvalue weighted by molar-refractivity contribution is 7.90. The van der Waals surface area contributed by atoms with E-state index < -0.39 is 20.9 Å². The van der Waals surface area contributed by atoms with Gasteiger partial charge in [0.05, 0.1) is 19.2 Å². The first-order valence-electron chi connectivity index (χ1n) is 9.29. The second kappa shape index (κ2) is 7.12. The fourth-order valence-corrected chi connectivity index (χ4v) is 6.75. The number of benzene rings is 1. The predicted molar refractivity (Wildman–Crippen MR) is 107 cm³/mol. The Morgan fingerprint density at radius 2 is 2.10 bits per heavy atom. The van der Waals surface area contributed by atoms with E-state index >= 15 is 0 Å². The molecule has 3 fully saturated rings. The molecule has 29 heavy (non-hydrogen) atoms. The minimum atomic E-state index is -3.69. The Balaban J connectivity index is 1.52. The van der Waals surface area contributed by atoms with Gasteiger partial charge in [0.2, 0.25) is 15.9 Å². The molecule has 3 amide bonds. The topological polar surface area (TPSA) is 99.3 Å². The molecule has 4 rings (SSSR count). The second-order valence-corrected chi connectivity index (χ2v) is 10.5. The molecule has 3 aliphatic heterocycles. The third-order valence-corrected chi connectivity index (χ3v) is 8.24. The molecule has 3 aliphatic rings. The van der Waals surface area contributed by atoms with Gasteiger partial charge >= 0.3 is 6.03 Å². The molecule has 3 heterocycles. The Labute approximate surface area is 174 Å². The third kappa shape index (κ3) is 3.58. The fraction of sp³-hybridized carbons (Fsp3) is 0.556. The van der Waals surface area contributed by atoms with Crippen LogP contribution in [0.3, 0.4) is 0 Å². The highest BCUT2D eigenvalue weighted by atomic mass is 35.5. The van der Waals surface area contributed by atoms with Crippen molar-refractivity contribution in [3.8, 4) is 0 Å². The standard InChI is InChI=1S/C18H23ClN4O5S/c1-21(2)16(24)9-23-11-18-10-22(8-14(28-18)7-15(18)29(23,26)27)17(25)20-13-5-3-4-12(19)6-13/h3-6,14-15H,7-11H2,1-2H3,(H,20,25)/t14-,15+,18+/m1/s1. The summed E-state index contributed by atoms with van der Waals surface area (Å²) >= 11 is 5.97. The van der Waals surface area contributed by atoms with E-state index in [9.17, 15) is 18.0 Å². The molecule has 0 unspecified atom stereocenters. The summed E-state index contributed by atoms with van der Waals surface area (Å²) in [6.07, 6.45) is -0.0315. The zero-order valence-corrected chi connectivity index (χ0v) is 17.7. The van der Waals surface area contributed by atoms with Crippen LogP contribution in [0.2, 0.25) is 5.02 Å². The largest absolute Gasteiger partial charge is 0.365 e. The molecule has 0 saturated carbocycles. The molecule has 1 aromatic carbocycles. The number of carbonyl (C=O) groups excluding carboxylic acids is 2. The summed E-state index contributed by atoms with van der Waals surface area (Å²) in [5, 5.41) is 2.56. The number of likely N-dealkylation sites (tertiary alicyclic amines) is 1. The van der Waals surface area contributed by atoms with Gasteiger partial charge in [-0.15, -0.1) is 0 Å². The SMILES string of the molecule is CN(C)C(=O)CN1C[C@@]23CN(C(=O)Nc4cccc(Cl)c4)C[C@@H](C[C@@H]2S1(=O)=O)O3. The molecule has 1 aromatic rings. The maximum absolute atomic E-state index is 13.0. The number of anilines is 1. The van der Waals surface area contributed by atoms with Crippen LogP contribution >= 0.6 is 11.6 Å². The van der Waals surface area contributed by atoms with E-state index in [1.54, 1.807) is 43.3 Å².